The van der Waals surface area contributed by atoms with Gasteiger partial charge in [-0.2, -0.15) is 0 Å². The van der Waals surface area contributed by atoms with Crippen LogP contribution in [0.2, 0.25) is 0 Å². The first-order valence-corrected chi connectivity index (χ1v) is 10.8. The summed E-state index contributed by atoms with van der Waals surface area (Å²) in [5.41, 5.74) is 0.922. The lowest BCUT2D eigenvalue weighted by molar-refractivity contribution is -0.120. The van der Waals surface area contributed by atoms with Crippen LogP contribution in [0.3, 0.4) is 0 Å². The molecule has 0 aliphatic carbocycles. The number of ether oxygens (including phenoxy) is 2. The standard InChI is InChI=1S/C24H23ClN2O6/c1-3-11-32-23(30)15-7-5-9-17(13-15)26-20-19(25)21(28)27(22(20)29)18-10-6-8-16(14-18)24(31)33-12-4-2/h5-10,13-14,26H,3-4,11-12H2,1-2H3. The molecule has 8 nitrogen and oxygen atoms in total. The van der Waals surface area contributed by atoms with Gasteiger partial charge in [-0.25, -0.2) is 14.5 Å². The first-order chi connectivity index (χ1) is 15.9. The van der Waals surface area contributed by atoms with Crippen LogP contribution >= 0.6 is 11.6 Å². The van der Waals surface area contributed by atoms with Crippen LogP contribution in [0.15, 0.2) is 59.3 Å². The summed E-state index contributed by atoms with van der Waals surface area (Å²) in [6, 6.07) is 12.3. The SMILES string of the molecule is CCCOC(=O)c1cccc(NC2=C(Cl)C(=O)N(c3cccc(C(=O)OCCC)c3)C2=O)c1. The third kappa shape index (κ3) is 5.40. The molecule has 0 saturated carbocycles. The van der Waals surface area contributed by atoms with Crippen molar-refractivity contribution in [1.82, 2.24) is 0 Å². The van der Waals surface area contributed by atoms with E-state index in [2.05, 4.69) is 5.32 Å². The Balaban J connectivity index is 1.81. The van der Waals surface area contributed by atoms with E-state index >= 15 is 0 Å². The van der Waals surface area contributed by atoms with Gasteiger partial charge < -0.3 is 14.8 Å². The summed E-state index contributed by atoms with van der Waals surface area (Å²) in [6.07, 6.45) is 1.36. The van der Waals surface area contributed by atoms with Crippen LogP contribution in [-0.2, 0) is 19.1 Å². The average molecular weight is 471 g/mol. The van der Waals surface area contributed by atoms with Crippen LogP contribution < -0.4 is 10.2 Å². The molecular formula is C24H23ClN2O6. The van der Waals surface area contributed by atoms with Crippen molar-refractivity contribution in [3.63, 3.8) is 0 Å². The van der Waals surface area contributed by atoms with Gasteiger partial charge in [-0.15, -0.1) is 0 Å². The second-order valence-electron chi connectivity index (χ2n) is 7.16. The van der Waals surface area contributed by atoms with E-state index in [1.165, 1.54) is 24.3 Å². The molecule has 0 saturated heterocycles. The van der Waals surface area contributed by atoms with Gasteiger partial charge in [0, 0.05) is 5.69 Å². The Hall–Kier alpha value is -3.65. The van der Waals surface area contributed by atoms with Crippen molar-refractivity contribution >= 4 is 46.7 Å². The summed E-state index contributed by atoms with van der Waals surface area (Å²) in [6.45, 7) is 4.31. The van der Waals surface area contributed by atoms with Crippen LogP contribution in [-0.4, -0.2) is 37.0 Å². The van der Waals surface area contributed by atoms with Crippen molar-refractivity contribution in [2.45, 2.75) is 26.7 Å². The molecule has 33 heavy (non-hydrogen) atoms. The Bertz CT molecular complexity index is 1130. The highest BCUT2D eigenvalue weighted by atomic mass is 35.5. The molecule has 1 heterocycles. The quantitative estimate of drug-likeness (QED) is 0.431. The highest BCUT2D eigenvalue weighted by Crippen LogP contribution is 2.31. The molecule has 2 aromatic rings. The van der Waals surface area contributed by atoms with Crippen molar-refractivity contribution in [3.05, 3.63) is 70.4 Å². The maximum absolute atomic E-state index is 13.0. The van der Waals surface area contributed by atoms with Gasteiger partial charge in [0.25, 0.3) is 11.8 Å². The smallest absolute Gasteiger partial charge is 0.338 e. The number of carbonyl (C=O) groups excluding carboxylic acids is 4. The molecule has 0 aromatic heterocycles. The summed E-state index contributed by atoms with van der Waals surface area (Å²) >= 11 is 6.18. The Morgan fingerprint density at radius 3 is 2.06 bits per heavy atom. The minimum Gasteiger partial charge on any atom is -0.462 e. The fourth-order valence-corrected chi connectivity index (χ4v) is 3.25. The predicted octanol–water partition coefficient (Wildman–Crippen LogP) is 4.26. The van der Waals surface area contributed by atoms with Gasteiger partial charge in [0.1, 0.15) is 10.7 Å². The number of hydrogen-bond donors (Lipinski definition) is 1. The maximum atomic E-state index is 13.0. The normalized spacial score (nSPS) is 13.4. The Morgan fingerprint density at radius 1 is 0.879 bits per heavy atom. The minimum absolute atomic E-state index is 0.139. The third-order valence-corrected chi connectivity index (χ3v) is 4.96. The van der Waals surface area contributed by atoms with Crippen molar-refractivity contribution in [2.24, 2.45) is 0 Å². The molecule has 1 aliphatic heterocycles. The Kier molecular flexibility index (Phi) is 7.84. The molecule has 0 radical (unpaired) electrons. The molecule has 3 rings (SSSR count). The lowest BCUT2D eigenvalue weighted by Gasteiger charge is -2.16. The molecule has 1 aliphatic rings. The van der Waals surface area contributed by atoms with Crippen LogP contribution in [0.5, 0.6) is 0 Å². The van der Waals surface area contributed by atoms with Crippen molar-refractivity contribution in [1.29, 1.82) is 0 Å². The van der Waals surface area contributed by atoms with Gasteiger partial charge >= 0.3 is 11.9 Å². The fraction of sp³-hybridized carbons (Fsp3) is 0.250. The van der Waals surface area contributed by atoms with E-state index in [1.807, 2.05) is 13.8 Å². The molecule has 2 aromatic carbocycles. The number of halogens is 1. The third-order valence-electron chi connectivity index (χ3n) is 4.61. The number of hydrogen-bond acceptors (Lipinski definition) is 7. The van der Waals surface area contributed by atoms with Crippen LogP contribution in [0.25, 0.3) is 0 Å². The summed E-state index contributed by atoms with van der Waals surface area (Å²) in [4.78, 5) is 50.9. The van der Waals surface area contributed by atoms with E-state index in [0.717, 1.165) is 4.90 Å². The number of benzene rings is 2. The second kappa shape index (κ2) is 10.8. The van der Waals surface area contributed by atoms with Gasteiger partial charge in [0.2, 0.25) is 0 Å². The first kappa shape index (κ1) is 24.0. The molecule has 172 valence electrons. The lowest BCUT2D eigenvalue weighted by Crippen LogP contribution is -2.32. The highest BCUT2D eigenvalue weighted by Gasteiger charge is 2.39. The molecule has 0 atom stereocenters. The summed E-state index contributed by atoms with van der Waals surface area (Å²) < 4.78 is 10.2. The van der Waals surface area contributed by atoms with Crippen molar-refractivity contribution < 1.29 is 28.7 Å². The van der Waals surface area contributed by atoms with Crippen LogP contribution in [0, 0.1) is 0 Å². The van der Waals surface area contributed by atoms with Gasteiger partial charge in [0.15, 0.2) is 0 Å². The van der Waals surface area contributed by atoms with E-state index in [4.69, 9.17) is 21.1 Å². The van der Waals surface area contributed by atoms with Gasteiger partial charge in [-0.3, -0.25) is 9.59 Å². The first-order valence-electron chi connectivity index (χ1n) is 10.5. The molecule has 2 amide bonds. The highest BCUT2D eigenvalue weighted by molar-refractivity contribution is 6.53. The number of rotatable bonds is 9. The number of nitrogens with one attached hydrogen (secondary N) is 1. The molecular weight excluding hydrogens is 448 g/mol. The zero-order valence-electron chi connectivity index (χ0n) is 18.2. The molecule has 9 heteroatoms. The number of nitrogens with zero attached hydrogens (tertiary/aromatic N) is 1. The zero-order valence-corrected chi connectivity index (χ0v) is 19.0. The van der Waals surface area contributed by atoms with E-state index in [1.54, 1.807) is 24.3 Å². The molecule has 0 bridgehead atoms. The van der Waals surface area contributed by atoms with Crippen molar-refractivity contribution in [2.75, 3.05) is 23.4 Å². The Labute approximate surface area is 196 Å². The van der Waals surface area contributed by atoms with E-state index in [-0.39, 0.29) is 34.2 Å². The van der Waals surface area contributed by atoms with Gasteiger partial charge in [-0.1, -0.05) is 37.6 Å². The van der Waals surface area contributed by atoms with Crippen LogP contribution in [0.1, 0.15) is 47.4 Å². The van der Waals surface area contributed by atoms with E-state index in [0.29, 0.717) is 25.1 Å². The van der Waals surface area contributed by atoms with Gasteiger partial charge in [0.05, 0.1) is 30.0 Å². The summed E-state index contributed by atoms with van der Waals surface area (Å²) in [5, 5.41) is 2.52. The predicted molar refractivity (Wildman–Crippen MR) is 123 cm³/mol. The molecule has 0 unspecified atom stereocenters. The zero-order chi connectivity index (χ0) is 24.0. The summed E-state index contributed by atoms with van der Waals surface area (Å²) in [5.74, 6) is -2.48. The maximum Gasteiger partial charge on any atom is 0.338 e. The average Bonchev–Trinajstić information content (AvgIpc) is 3.04. The molecule has 0 fully saturated rings. The lowest BCUT2D eigenvalue weighted by atomic mass is 10.2. The van der Waals surface area contributed by atoms with Crippen molar-refractivity contribution in [3.8, 4) is 0 Å². The minimum atomic E-state index is -0.734. The monoisotopic (exact) mass is 470 g/mol. The number of anilines is 2. The Morgan fingerprint density at radius 2 is 1.45 bits per heavy atom. The number of esters is 2. The fourth-order valence-electron chi connectivity index (χ4n) is 3.04. The topological polar surface area (TPSA) is 102 Å². The van der Waals surface area contributed by atoms with Crippen LogP contribution in [0.4, 0.5) is 11.4 Å². The molecule has 1 N–H and O–H groups in total. The number of amides is 2. The molecule has 0 spiro atoms. The largest absolute Gasteiger partial charge is 0.462 e. The van der Waals surface area contributed by atoms with E-state index in [9.17, 15) is 19.2 Å². The number of imide groups is 1. The number of carbonyl (C=O) groups is 4. The second-order valence-corrected chi connectivity index (χ2v) is 7.54. The summed E-state index contributed by atoms with van der Waals surface area (Å²) in [7, 11) is 0. The van der Waals surface area contributed by atoms with E-state index < -0.39 is 23.8 Å². The van der Waals surface area contributed by atoms with Gasteiger partial charge in [-0.05, 0) is 49.2 Å².